The first kappa shape index (κ1) is 11.0. The molecule has 1 N–H and O–H groups in total. The average molecular weight is 218 g/mol. The third kappa shape index (κ3) is 2.18. The molecule has 3 nitrogen and oxygen atoms in total. The Balaban J connectivity index is 2.10. The van der Waals surface area contributed by atoms with Gasteiger partial charge in [-0.2, -0.15) is 0 Å². The zero-order valence-corrected chi connectivity index (χ0v) is 9.92. The Labute approximate surface area is 96.5 Å². The summed E-state index contributed by atoms with van der Waals surface area (Å²) in [5.74, 6) is 0.105. The Hall–Kier alpha value is -1.51. The summed E-state index contributed by atoms with van der Waals surface area (Å²) in [7, 11) is 2.10. The van der Waals surface area contributed by atoms with Gasteiger partial charge in [0.1, 0.15) is 0 Å². The van der Waals surface area contributed by atoms with E-state index in [1.807, 2.05) is 13.0 Å². The molecular weight excluding hydrogens is 200 g/mol. The van der Waals surface area contributed by atoms with Crippen molar-refractivity contribution in [3.05, 3.63) is 23.8 Å². The highest BCUT2D eigenvalue weighted by atomic mass is 16.1. The molecule has 16 heavy (non-hydrogen) atoms. The second-order valence-corrected chi connectivity index (χ2v) is 4.31. The predicted octanol–water partition coefficient (Wildman–Crippen LogP) is 2.42. The number of rotatable bonds is 3. The molecule has 86 valence electrons. The monoisotopic (exact) mass is 218 g/mol. The first-order chi connectivity index (χ1) is 7.70. The molecule has 1 aromatic rings. The van der Waals surface area contributed by atoms with Crippen molar-refractivity contribution >= 4 is 17.3 Å². The lowest BCUT2D eigenvalue weighted by atomic mass is 10.1. The molecule has 0 bridgehead atoms. The van der Waals surface area contributed by atoms with Crippen LogP contribution in [-0.2, 0) is 11.2 Å². The van der Waals surface area contributed by atoms with Gasteiger partial charge < -0.3 is 10.2 Å². The van der Waals surface area contributed by atoms with Gasteiger partial charge in [0.15, 0.2) is 0 Å². The highest BCUT2D eigenvalue weighted by molar-refractivity contribution is 5.91. The SMILES string of the molecule is CCCC(=O)Nc1ccc2c(c1)CCN2C. The minimum absolute atomic E-state index is 0.105. The van der Waals surface area contributed by atoms with E-state index in [4.69, 9.17) is 0 Å². The lowest BCUT2D eigenvalue weighted by Crippen LogP contribution is -2.12. The van der Waals surface area contributed by atoms with Crippen LogP contribution >= 0.6 is 0 Å². The molecule has 1 aromatic carbocycles. The van der Waals surface area contributed by atoms with Crippen LogP contribution in [0.5, 0.6) is 0 Å². The molecule has 0 radical (unpaired) electrons. The molecule has 0 unspecified atom stereocenters. The Morgan fingerprint density at radius 2 is 2.31 bits per heavy atom. The Bertz CT molecular complexity index is 401. The van der Waals surface area contributed by atoms with Crippen LogP contribution in [0.2, 0.25) is 0 Å². The van der Waals surface area contributed by atoms with Crippen LogP contribution in [0.15, 0.2) is 18.2 Å². The number of fused-ring (bicyclic) bond motifs is 1. The number of hydrogen-bond donors (Lipinski definition) is 1. The third-order valence-corrected chi connectivity index (χ3v) is 2.97. The van der Waals surface area contributed by atoms with E-state index >= 15 is 0 Å². The first-order valence-corrected chi connectivity index (χ1v) is 5.84. The summed E-state index contributed by atoms with van der Waals surface area (Å²) >= 11 is 0. The molecule has 0 saturated carbocycles. The number of likely N-dealkylation sites (N-methyl/N-ethyl adjacent to an activating group) is 1. The minimum Gasteiger partial charge on any atom is -0.374 e. The molecule has 0 aliphatic carbocycles. The van der Waals surface area contributed by atoms with Crippen LogP contribution in [0, 0.1) is 0 Å². The summed E-state index contributed by atoms with van der Waals surface area (Å²) in [6.45, 7) is 3.08. The standard InChI is InChI=1S/C13H18N2O/c1-3-4-13(16)14-11-5-6-12-10(9-11)7-8-15(12)2/h5-6,9H,3-4,7-8H2,1-2H3,(H,14,16). The van der Waals surface area contributed by atoms with Gasteiger partial charge in [-0.15, -0.1) is 0 Å². The van der Waals surface area contributed by atoms with Gasteiger partial charge in [-0.05, 0) is 36.6 Å². The van der Waals surface area contributed by atoms with Crippen molar-refractivity contribution in [1.82, 2.24) is 0 Å². The molecule has 0 saturated heterocycles. The molecular formula is C13H18N2O. The highest BCUT2D eigenvalue weighted by Gasteiger charge is 2.15. The fourth-order valence-electron chi connectivity index (χ4n) is 2.10. The Kier molecular flexibility index (Phi) is 3.13. The molecule has 1 aliphatic heterocycles. The molecule has 1 heterocycles. The van der Waals surface area contributed by atoms with Gasteiger partial charge in [-0.25, -0.2) is 0 Å². The molecule has 0 aromatic heterocycles. The summed E-state index contributed by atoms with van der Waals surface area (Å²) in [5.41, 5.74) is 3.54. The smallest absolute Gasteiger partial charge is 0.224 e. The molecule has 0 spiro atoms. The fraction of sp³-hybridized carbons (Fsp3) is 0.462. The van der Waals surface area contributed by atoms with E-state index in [2.05, 4.69) is 29.4 Å². The number of nitrogens with one attached hydrogen (secondary N) is 1. The molecule has 0 atom stereocenters. The van der Waals surface area contributed by atoms with Crippen LogP contribution in [-0.4, -0.2) is 19.5 Å². The van der Waals surface area contributed by atoms with Crippen molar-refractivity contribution in [3.8, 4) is 0 Å². The molecule has 1 aliphatic rings. The molecule has 2 rings (SSSR count). The van der Waals surface area contributed by atoms with Crippen LogP contribution < -0.4 is 10.2 Å². The highest BCUT2D eigenvalue weighted by Crippen LogP contribution is 2.29. The van der Waals surface area contributed by atoms with Crippen molar-refractivity contribution in [1.29, 1.82) is 0 Å². The number of anilines is 2. The van der Waals surface area contributed by atoms with E-state index in [1.165, 1.54) is 11.3 Å². The van der Waals surface area contributed by atoms with E-state index in [1.54, 1.807) is 0 Å². The largest absolute Gasteiger partial charge is 0.374 e. The van der Waals surface area contributed by atoms with Gasteiger partial charge in [0.2, 0.25) is 5.91 Å². The second-order valence-electron chi connectivity index (χ2n) is 4.31. The van der Waals surface area contributed by atoms with Gasteiger partial charge in [0.05, 0.1) is 0 Å². The van der Waals surface area contributed by atoms with Crippen LogP contribution in [0.3, 0.4) is 0 Å². The molecule has 3 heteroatoms. The van der Waals surface area contributed by atoms with Crippen molar-refractivity contribution in [2.75, 3.05) is 23.8 Å². The quantitative estimate of drug-likeness (QED) is 0.845. The van der Waals surface area contributed by atoms with Crippen molar-refractivity contribution in [2.45, 2.75) is 26.2 Å². The number of hydrogen-bond acceptors (Lipinski definition) is 2. The number of amides is 1. The predicted molar refractivity (Wildman–Crippen MR) is 67.0 cm³/mol. The van der Waals surface area contributed by atoms with Crippen molar-refractivity contribution < 1.29 is 4.79 Å². The van der Waals surface area contributed by atoms with Gasteiger partial charge in [0.25, 0.3) is 0 Å². The maximum atomic E-state index is 11.5. The van der Waals surface area contributed by atoms with E-state index in [0.717, 1.165) is 25.1 Å². The number of nitrogens with zero attached hydrogens (tertiary/aromatic N) is 1. The maximum absolute atomic E-state index is 11.5. The second kappa shape index (κ2) is 4.56. The fourth-order valence-corrected chi connectivity index (χ4v) is 2.10. The maximum Gasteiger partial charge on any atom is 0.224 e. The van der Waals surface area contributed by atoms with Gasteiger partial charge in [-0.3, -0.25) is 4.79 Å². The zero-order chi connectivity index (χ0) is 11.5. The average Bonchev–Trinajstić information content (AvgIpc) is 2.60. The lowest BCUT2D eigenvalue weighted by molar-refractivity contribution is -0.116. The van der Waals surface area contributed by atoms with E-state index in [9.17, 15) is 4.79 Å². The number of carbonyl (C=O) groups is 1. The van der Waals surface area contributed by atoms with E-state index < -0.39 is 0 Å². The summed E-state index contributed by atoms with van der Waals surface area (Å²) in [6, 6.07) is 6.16. The Morgan fingerprint density at radius 1 is 1.50 bits per heavy atom. The third-order valence-electron chi connectivity index (χ3n) is 2.97. The number of benzene rings is 1. The normalized spacial score (nSPS) is 13.8. The summed E-state index contributed by atoms with van der Waals surface area (Å²) < 4.78 is 0. The van der Waals surface area contributed by atoms with Crippen molar-refractivity contribution in [2.24, 2.45) is 0 Å². The van der Waals surface area contributed by atoms with E-state index in [-0.39, 0.29) is 5.91 Å². The molecule has 0 fully saturated rings. The first-order valence-electron chi connectivity index (χ1n) is 5.84. The van der Waals surface area contributed by atoms with Gasteiger partial charge in [0, 0.05) is 31.4 Å². The van der Waals surface area contributed by atoms with Crippen LogP contribution in [0.25, 0.3) is 0 Å². The minimum atomic E-state index is 0.105. The summed E-state index contributed by atoms with van der Waals surface area (Å²) in [6.07, 6.45) is 2.56. The van der Waals surface area contributed by atoms with Gasteiger partial charge >= 0.3 is 0 Å². The topological polar surface area (TPSA) is 32.3 Å². The van der Waals surface area contributed by atoms with Gasteiger partial charge in [-0.1, -0.05) is 6.92 Å². The van der Waals surface area contributed by atoms with Crippen molar-refractivity contribution in [3.63, 3.8) is 0 Å². The van der Waals surface area contributed by atoms with E-state index in [0.29, 0.717) is 6.42 Å². The zero-order valence-electron chi connectivity index (χ0n) is 9.92. The summed E-state index contributed by atoms with van der Waals surface area (Å²) in [5, 5.41) is 2.93. The Morgan fingerprint density at radius 3 is 3.06 bits per heavy atom. The lowest BCUT2D eigenvalue weighted by Gasteiger charge is -2.12. The summed E-state index contributed by atoms with van der Waals surface area (Å²) in [4.78, 5) is 13.7. The number of carbonyl (C=O) groups excluding carboxylic acids is 1. The van der Waals surface area contributed by atoms with Crippen LogP contribution in [0.1, 0.15) is 25.3 Å². The molecule has 1 amide bonds. The van der Waals surface area contributed by atoms with Crippen LogP contribution in [0.4, 0.5) is 11.4 Å².